The number of fused-ring (bicyclic) bond motifs is 1. The molecule has 0 radical (unpaired) electrons. The first-order valence-electron chi connectivity index (χ1n) is 11.6. The van der Waals surface area contributed by atoms with Crippen LogP contribution < -0.4 is 5.73 Å². The summed E-state index contributed by atoms with van der Waals surface area (Å²) in [5.74, 6) is 1.64. The molecule has 1 aliphatic rings. The number of hydrogen-bond donors (Lipinski definition) is 1. The Kier molecular flexibility index (Phi) is 6.56. The standard InChI is InChI=1S/C24H26ClN9O/c1-2-20(34-30-23(29-31-34)16-7-9-17(25)10-8-16)24(35)33-13-11-32(12-14-33)15-21-27-19-6-4-3-5-18(19)22(26)28-21/h3-10,20H,2,11-15H2,1H3,(H2,26,27,28). The Hall–Kier alpha value is -3.63. The number of nitrogen functional groups attached to an aromatic ring is 1. The van der Waals surface area contributed by atoms with Gasteiger partial charge in [-0.1, -0.05) is 30.7 Å². The molecule has 0 aliphatic carbocycles. The molecule has 1 aliphatic heterocycles. The number of piperazine rings is 1. The van der Waals surface area contributed by atoms with Crippen LogP contribution in [0.2, 0.25) is 5.02 Å². The van der Waals surface area contributed by atoms with Crippen LogP contribution in [0.15, 0.2) is 48.5 Å². The van der Waals surface area contributed by atoms with Crippen molar-refractivity contribution in [3.63, 3.8) is 0 Å². The number of aromatic nitrogens is 6. The van der Waals surface area contributed by atoms with Crippen molar-refractivity contribution in [1.82, 2.24) is 40.0 Å². The molecule has 1 unspecified atom stereocenters. The van der Waals surface area contributed by atoms with E-state index in [-0.39, 0.29) is 5.91 Å². The number of halogens is 1. The van der Waals surface area contributed by atoms with Crippen molar-refractivity contribution in [2.75, 3.05) is 31.9 Å². The van der Waals surface area contributed by atoms with Crippen molar-refractivity contribution in [1.29, 1.82) is 0 Å². The molecule has 0 bridgehead atoms. The van der Waals surface area contributed by atoms with Gasteiger partial charge in [-0.2, -0.15) is 4.80 Å². The van der Waals surface area contributed by atoms with Gasteiger partial charge in [0.1, 0.15) is 11.6 Å². The first-order chi connectivity index (χ1) is 17.0. The summed E-state index contributed by atoms with van der Waals surface area (Å²) in [5.41, 5.74) is 7.77. The quantitative estimate of drug-likeness (QED) is 0.437. The van der Waals surface area contributed by atoms with E-state index < -0.39 is 6.04 Å². The third-order valence-electron chi connectivity index (χ3n) is 6.21. The van der Waals surface area contributed by atoms with Crippen molar-refractivity contribution in [2.24, 2.45) is 0 Å². The minimum Gasteiger partial charge on any atom is -0.383 e. The summed E-state index contributed by atoms with van der Waals surface area (Å²) in [7, 11) is 0. The maximum atomic E-state index is 13.3. The van der Waals surface area contributed by atoms with E-state index in [4.69, 9.17) is 17.3 Å². The topological polar surface area (TPSA) is 119 Å². The van der Waals surface area contributed by atoms with Crippen molar-refractivity contribution in [3.05, 3.63) is 59.4 Å². The van der Waals surface area contributed by atoms with Crippen LogP contribution >= 0.6 is 11.6 Å². The number of anilines is 1. The molecule has 11 heteroatoms. The molecule has 1 atom stereocenters. The average molecular weight is 492 g/mol. The number of nitrogens with zero attached hydrogens (tertiary/aromatic N) is 8. The van der Waals surface area contributed by atoms with Crippen molar-refractivity contribution in [2.45, 2.75) is 25.9 Å². The van der Waals surface area contributed by atoms with Crippen molar-refractivity contribution >= 4 is 34.2 Å². The van der Waals surface area contributed by atoms with Crippen LogP contribution in [0, 0.1) is 0 Å². The predicted octanol–water partition coefficient (Wildman–Crippen LogP) is 2.81. The van der Waals surface area contributed by atoms with Crippen LogP contribution in [0.3, 0.4) is 0 Å². The van der Waals surface area contributed by atoms with Gasteiger partial charge in [-0.25, -0.2) is 9.97 Å². The van der Waals surface area contributed by atoms with E-state index in [1.807, 2.05) is 48.2 Å². The molecule has 4 aromatic rings. The molecule has 1 saturated heterocycles. The third kappa shape index (κ3) is 4.94. The molecule has 1 amide bonds. The average Bonchev–Trinajstić information content (AvgIpc) is 3.35. The lowest BCUT2D eigenvalue weighted by atomic mass is 10.2. The minimum absolute atomic E-state index is 0.00148. The SMILES string of the molecule is CCC(C(=O)N1CCN(Cc2nc(N)c3ccccc3n2)CC1)n1nnc(-c2ccc(Cl)cc2)n1. The van der Waals surface area contributed by atoms with Crippen LogP contribution in [-0.4, -0.2) is 72.1 Å². The van der Waals surface area contributed by atoms with Crippen LogP contribution in [0.5, 0.6) is 0 Å². The molecular weight excluding hydrogens is 466 g/mol. The van der Waals surface area contributed by atoms with E-state index in [0.717, 1.165) is 29.6 Å². The van der Waals surface area contributed by atoms with Gasteiger partial charge >= 0.3 is 0 Å². The fraction of sp³-hybridized carbons (Fsp3) is 0.333. The minimum atomic E-state index is -0.501. The molecule has 2 aromatic carbocycles. The largest absolute Gasteiger partial charge is 0.383 e. The van der Waals surface area contributed by atoms with Gasteiger partial charge in [-0.15, -0.1) is 10.2 Å². The number of nitrogens with two attached hydrogens (primary N) is 1. The number of para-hydroxylation sites is 1. The number of rotatable bonds is 6. The van der Waals surface area contributed by atoms with Crippen LogP contribution in [0.1, 0.15) is 25.2 Å². The molecule has 0 saturated carbocycles. The molecule has 10 nitrogen and oxygen atoms in total. The Balaban J connectivity index is 1.22. The molecule has 35 heavy (non-hydrogen) atoms. The van der Waals surface area contributed by atoms with Crippen molar-refractivity contribution in [3.8, 4) is 11.4 Å². The van der Waals surface area contributed by atoms with Crippen LogP contribution in [0.25, 0.3) is 22.3 Å². The van der Waals surface area contributed by atoms with Gasteiger partial charge in [0.05, 0.1) is 12.1 Å². The number of benzene rings is 2. The van der Waals surface area contributed by atoms with Crippen LogP contribution in [0.4, 0.5) is 5.82 Å². The van der Waals surface area contributed by atoms with Gasteiger partial charge in [-0.3, -0.25) is 9.69 Å². The zero-order valence-corrected chi connectivity index (χ0v) is 20.1. The Bertz CT molecular complexity index is 1330. The summed E-state index contributed by atoms with van der Waals surface area (Å²) < 4.78 is 0. The van der Waals surface area contributed by atoms with Gasteiger partial charge < -0.3 is 10.6 Å². The van der Waals surface area contributed by atoms with Gasteiger partial charge in [0.25, 0.3) is 0 Å². The highest BCUT2D eigenvalue weighted by Crippen LogP contribution is 2.21. The summed E-state index contributed by atoms with van der Waals surface area (Å²) in [6, 6.07) is 14.4. The Morgan fingerprint density at radius 2 is 1.80 bits per heavy atom. The summed E-state index contributed by atoms with van der Waals surface area (Å²) in [4.78, 5) is 27.9. The summed E-state index contributed by atoms with van der Waals surface area (Å²) in [6.45, 7) is 5.20. The zero-order valence-electron chi connectivity index (χ0n) is 19.4. The van der Waals surface area contributed by atoms with E-state index in [2.05, 4.69) is 30.3 Å². The van der Waals surface area contributed by atoms with E-state index in [0.29, 0.717) is 48.5 Å². The molecule has 3 heterocycles. The smallest absolute Gasteiger partial charge is 0.249 e. The zero-order chi connectivity index (χ0) is 24.4. The fourth-order valence-corrected chi connectivity index (χ4v) is 4.39. The maximum absolute atomic E-state index is 13.3. The van der Waals surface area contributed by atoms with Gasteiger partial charge in [0.2, 0.25) is 11.7 Å². The summed E-state index contributed by atoms with van der Waals surface area (Å²) in [6.07, 6.45) is 0.569. The van der Waals surface area contributed by atoms with E-state index >= 15 is 0 Å². The third-order valence-corrected chi connectivity index (χ3v) is 6.46. The predicted molar refractivity (Wildman–Crippen MR) is 133 cm³/mol. The second-order valence-electron chi connectivity index (χ2n) is 8.51. The normalized spacial score (nSPS) is 15.4. The molecule has 5 rings (SSSR count). The van der Waals surface area contributed by atoms with Gasteiger partial charge in [0, 0.05) is 42.2 Å². The number of hydrogen-bond acceptors (Lipinski definition) is 8. The Labute approximate surface area is 207 Å². The molecular formula is C24H26ClN9O. The molecule has 1 fully saturated rings. The lowest BCUT2D eigenvalue weighted by Gasteiger charge is -2.35. The number of carbonyl (C=O) groups excluding carboxylic acids is 1. The Morgan fingerprint density at radius 1 is 1.06 bits per heavy atom. The molecule has 0 spiro atoms. The number of tetrazole rings is 1. The number of carbonyl (C=O) groups is 1. The fourth-order valence-electron chi connectivity index (χ4n) is 4.27. The molecule has 2 aromatic heterocycles. The highest BCUT2D eigenvalue weighted by Gasteiger charge is 2.29. The van der Waals surface area contributed by atoms with E-state index in [1.165, 1.54) is 4.80 Å². The van der Waals surface area contributed by atoms with Crippen molar-refractivity contribution < 1.29 is 4.79 Å². The van der Waals surface area contributed by atoms with Gasteiger partial charge in [0.15, 0.2) is 6.04 Å². The monoisotopic (exact) mass is 491 g/mol. The van der Waals surface area contributed by atoms with E-state index in [1.54, 1.807) is 12.1 Å². The summed E-state index contributed by atoms with van der Waals surface area (Å²) >= 11 is 5.96. The summed E-state index contributed by atoms with van der Waals surface area (Å²) in [5, 5.41) is 14.3. The number of amides is 1. The first-order valence-corrected chi connectivity index (χ1v) is 12.0. The molecule has 2 N–H and O–H groups in total. The lowest BCUT2D eigenvalue weighted by Crippen LogP contribution is -2.50. The lowest BCUT2D eigenvalue weighted by molar-refractivity contribution is -0.137. The second kappa shape index (κ2) is 9.93. The molecule has 180 valence electrons. The maximum Gasteiger partial charge on any atom is 0.249 e. The highest BCUT2D eigenvalue weighted by atomic mass is 35.5. The second-order valence-corrected chi connectivity index (χ2v) is 8.94. The highest BCUT2D eigenvalue weighted by molar-refractivity contribution is 6.30. The Morgan fingerprint density at radius 3 is 2.54 bits per heavy atom. The van der Waals surface area contributed by atoms with Crippen LogP contribution in [-0.2, 0) is 11.3 Å². The van der Waals surface area contributed by atoms with Gasteiger partial charge in [-0.05, 0) is 48.0 Å². The first kappa shape index (κ1) is 23.1. The van der Waals surface area contributed by atoms with E-state index in [9.17, 15) is 4.79 Å².